The van der Waals surface area contributed by atoms with Crippen LogP contribution in [0.25, 0.3) is 6.08 Å². The van der Waals surface area contributed by atoms with Crippen molar-refractivity contribution in [3.8, 4) is 5.75 Å². The van der Waals surface area contributed by atoms with E-state index in [0.29, 0.717) is 36.4 Å². The Hall–Kier alpha value is -2.83. The van der Waals surface area contributed by atoms with E-state index in [1.54, 1.807) is 29.2 Å². The number of rotatable bonds is 2. The maximum absolute atomic E-state index is 12.8. The van der Waals surface area contributed by atoms with Crippen molar-refractivity contribution in [2.45, 2.75) is 44.8 Å². The van der Waals surface area contributed by atoms with Gasteiger partial charge in [0.05, 0.1) is 25.6 Å². The SMILES string of the molecule is COC(=O)C=Cc1ccc2c(c1)C(=O)CC1(CCN(C(=O)OC(C)(C)C)C1)O2. The van der Waals surface area contributed by atoms with E-state index in [-0.39, 0.29) is 12.2 Å². The number of fused-ring (bicyclic) bond motifs is 1. The average molecular weight is 387 g/mol. The van der Waals surface area contributed by atoms with Crippen LogP contribution in [0.4, 0.5) is 4.79 Å². The molecule has 2 aliphatic rings. The molecule has 1 fully saturated rings. The van der Waals surface area contributed by atoms with E-state index >= 15 is 0 Å². The van der Waals surface area contributed by atoms with Crippen molar-refractivity contribution in [2.75, 3.05) is 20.2 Å². The maximum atomic E-state index is 12.8. The predicted molar refractivity (Wildman–Crippen MR) is 102 cm³/mol. The normalized spacial score (nSPS) is 21.6. The maximum Gasteiger partial charge on any atom is 0.410 e. The number of benzene rings is 1. The van der Waals surface area contributed by atoms with Gasteiger partial charge in [-0.3, -0.25) is 4.79 Å². The van der Waals surface area contributed by atoms with Gasteiger partial charge < -0.3 is 19.1 Å². The van der Waals surface area contributed by atoms with Gasteiger partial charge in [0.1, 0.15) is 17.0 Å². The van der Waals surface area contributed by atoms with Gasteiger partial charge in [0, 0.05) is 19.0 Å². The third-order valence-corrected chi connectivity index (χ3v) is 4.69. The first-order valence-electron chi connectivity index (χ1n) is 9.21. The average Bonchev–Trinajstić information content (AvgIpc) is 3.01. The van der Waals surface area contributed by atoms with Gasteiger partial charge in [-0.15, -0.1) is 0 Å². The molecule has 1 aromatic rings. The second-order valence-electron chi connectivity index (χ2n) is 8.15. The topological polar surface area (TPSA) is 82.1 Å². The van der Waals surface area contributed by atoms with E-state index in [4.69, 9.17) is 9.47 Å². The van der Waals surface area contributed by atoms with Crippen molar-refractivity contribution in [3.05, 3.63) is 35.4 Å². The number of esters is 1. The van der Waals surface area contributed by atoms with Crippen LogP contribution in [0.3, 0.4) is 0 Å². The molecule has 1 spiro atoms. The molecule has 7 heteroatoms. The third-order valence-electron chi connectivity index (χ3n) is 4.69. The van der Waals surface area contributed by atoms with Crippen LogP contribution >= 0.6 is 0 Å². The minimum Gasteiger partial charge on any atom is -0.484 e. The molecule has 2 heterocycles. The summed E-state index contributed by atoms with van der Waals surface area (Å²) in [5.74, 6) is -0.00875. The van der Waals surface area contributed by atoms with Crippen molar-refractivity contribution >= 4 is 23.9 Å². The smallest absolute Gasteiger partial charge is 0.410 e. The van der Waals surface area contributed by atoms with E-state index in [0.717, 1.165) is 0 Å². The number of likely N-dealkylation sites (tertiary alicyclic amines) is 1. The van der Waals surface area contributed by atoms with Gasteiger partial charge in [0.2, 0.25) is 0 Å². The molecule has 0 aromatic heterocycles. The number of nitrogens with zero attached hydrogens (tertiary/aromatic N) is 1. The highest BCUT2D eigenvalue weighted by Crippen LogP contribution is 2.39. The number of carbonyl (C=O) groups is 3. The molecule has 0 radical (unpaired) electrons. The van der Waals surface area contributed by atoms with Crippen LogP contribution in [0.5, 0.6) is 5.75 Å². The fraction of sp³-hybridized carbons (Fsp3) is 0.476. The molecule has 3 rings (SSSR count). The number of Topliss-reactive ketones (excluding diaryl/α,β-unsaturated/α-hetero) is 1. The summed E-state index contributed by atoms with van der Waals surface area (Å²) in [4.78, 5) is 37.9. The van der Waals surface area contributed by atoms with Crippen molar-refractivity contribution in [3.63, 3.8) is 0 Å². The standard InChI is InChI=1S/C21H25NO6/c1-20(2,3)28-19(25)22-10-9-21(13-22)12-16(23)15-11-14(5-7-17(15)27-21)6-8-18(24)26-4/h5-8,11H,9-10,12-13H2,1-4H3. The zero-order chi connectivity index (χ0) is 20.5. The summed E-state index contributed by atoms with van der Waals surface area (Å²) in [5, 5.41) is 0. The largest absolute Gasteiger partial charge is 0.484 e. The lowest BCUT2D eigenvalue weighted by Crippen LogP contribution is -2.46. The molecule has 2 aliphatic heterocycles. The molecule has 1 amide bonds. The highest BCUT2D eigenvalue weighted by molar-refractivity contribution is 6.01. The Balaban J connectivity index is 1.75. The number of hydrogen-bond donors (Lipinski definition) is 0. The summed E-state index contributed by atoms with van der Waals surface area (Å²) in [5.41, 5.74) is -0.103. The van der Waals surface area contributed by atoms with Crippen LogP contribution in [-0.4, -0.2) is 54.1 Å². The zero-order valence-electron chi connectivity index (χ0n) is 16.6. The Morgan fingerprint density at radius 3 is 2.71 bits per heavy atom. The molecule has 1 atom stereocenters. The Bertz CT molecular complexity index is 838. The molecule has 150 valence electrons. The van der Waals surface area contributed by atoms with Gasteiger partial charge in [-0.1, -0.05) is 6.07 Å². The van der Waals surface area contributed by atoms with Gasteiger partial charge in [-0.05, 0) is 44.5 Å². The highest BCUT2D eigenvalue weighted by Gasteiger charge is 2.47. The minimum atomic E-state index is -0.718. The van der Waals surface area contributed by atoms with Crippen LogP contribution in [0.1, 0.15) is 49.5 Å². The molecule has 0 bridgehead atoms. The molecule has 0 saturated carbocycles. The molecule has 0 N–H and O–H groups in total. The lowest BCUT2D eigenvalue weighted by Gasteiger charge is -2.35. The Labute approximate surface area is 164 Å². The van der Waals surface area contributed by atoms with Crippen LogP contribution in [0.15, 0.2) is 24.3 Å². The second-order valence-corrected chi connectivity index (χ2v) is 8.15. The number of methoxy groups -OCH3 is 1. The molecule has 0 aliphatic carbocycles. The fourth-order valence-corrected chi connectivity index (χ4v) is 3.40. The van der Waals surface area contributed by atoms with Gasteiger partial charge in [-0.2, -0.15) is 0 Å². The quantitative estimate of drug-likeness (QED) is 0.572. The van der Waals surface area contributed by atoms with Crippen LogP contribution in [0.2, 0.25) is 0 Å². The highest BCUT2D eigenvalue weighted by atomic mass is 16.6. The summed E-state index contributed by atoms with van der Waals surface area (Å²) in [6.45, 7) is 6.26. The van der Waals surface area contributed by atoms with Crippen molar-refractivity contribution in [2.24, 2.45) is 0 Å². The summed E-state index contributed by atoms with van der Waals surface area (Å²) in [7, 11) is 1.30. The summed E-state index contributed by atoms with van der Waals surface area (Å²) < 4.78 is 16.2. The lowest BCUT2D eigenvalue weighted by molar-refractivity contribution is -0.134. The lowest BCUT2D eigenvalue weighted by atomic mass is 9.88. The van der Waals surface area contributed by atoms with E-state index in [9.17, 15) is 14.4 Å². The molecule has 1 aromatic carbocycles. The Kier molecular flexibility index (Phi) is 5.19. The number of hydrogen-bond acceptors (Lipinski definition) is 6. The van der Waals surface area contributed by atoms with Gasteiger partial charge in [0.15, 0.2) is 5.78 Å². The molecule has 7 nitrogen and oxygen atoms in total. The van der Waals surface area contributed by atoms with E-state index in [1.165, 1.54) is 13.2 Å². The number of carbonyl (C=O) groups excluding carboxylic acids is 3. The Morgan fingerprint density at radius 1 is 1.29 bits per heavy atom. The van der Waals surface area contributed by atoms with Crippen LogP contribution < -0.4 is 4.74 Å². The number of ether oxygens (including phenoxy) is 3. The van der Waals surface area contributed by atoms with Gasteiger partial charge >= 0.3 is 12.1 Å². The van der Waals surface area contributed by atoms with Crippen molar-refractivity contribution < 1.29 is 28.6 Å². The van der Waals surface area contributed by atoms with E-state index in [1.807, 2.05) is 20.8 Å². The predicted octanol–water partition coefficient (Wildman–Crippen LogP) is 3.22. The zero-order valence-corrected chi connectivity index (χ0v) is 16.6. The Morgan fingerprint density at radius 2 is 2.04 bits per heavy atom. The second kappa shape index (κ2) is 7.30. The first kappa shape index (κ1) is 19.9. The first-order chi connectivity index (χ1) is 13.1. The summed E-state index contributed by atoms with van der Waals surface area (Å²) in [6.07, 6.45) is 3.26. The van der Waals surface area contributed by atoms with Crippen LogP contribution in [-0.2, 0) is 14.3 Å². The third kappa shape index (κ3) is 4.35. The monoisotopic (exact) mass is 387 g/mol. The minimum absolute atomic E-state index is 0.0411. The molecular weight excluding hydrogens is 362 g/mol. The molecule has 1 unspecified atom stereocenters. The van der Waals surface area contributed by atoms with Gasteiger partial charge in [0.25, 0.3) is 0 Å². The first-order valence-corrected chi connectivity index (χ1v) is 9.21. The molecular formula is C21H25NO6. The van der Waals surface area contributed by atoms with E-state index in [2.05, 4.69) is 4.74 Å². The van der Waals surface area contributed by atoms with Crippen LogP contribution in [0, 0.1) is 0 Å². The molecule has 1 saturated heterocycles. The molecule has 28 heavy (non-hydrogen) atoms. The fourth-order valence-electron chi connectivity index (χ4n) is 3.40. The number of amides is 1. The van der Waals surface area contributed by atoms with E-state index < -0.39 is 23.3 Å². The van der Waals surface area contributed by atoms with Crippen molar-refractivity contribution in [1.82, 2.24) is 4.90 Å². The van der Waals surface area contributed by atoms with Crippen molar-refractivity contribution in [1.29, 1.82) is 0 Å². The summed E-state index contributed by atoms with van der Waals surface area (Å²) >= 11 is 0. The number of ketones is 1. The summed E-state index contributed by atoms with van der Waals surface area (Å²) in [6, 6.07) is 5.19. The van der Waals surface area contributed by atoms with Gasteiger partial charge in [-0.25, -0.2) is 9.59 Å².